The molecular formula is C11H14F3NO4S. The van der Waals surface area contributed by atoms with Crippen molar-refractivity contribution in [3.05, 3.63) is 29.8 Å². The summed E-state index contributed by atoms with van der Waals surface area (Å²) in [5, 5.41) is 2.78. The molecule has 0 radical (unpaired) electrons. The Labute approximate surface area is 114 Å². The third kappa shape index (κ3) is 7.31. The normalized spacial score (nSPS) is 12.4. The summed E-state index contributed by atoms with van der Waals surface area (Å²) in [6.07, 6.45) is -4.61. The van der Waals surface area contributed by atoms with Crippen LogP contribution in [0.3, 0.4) is 0 Å². The molecular weight excluding hydrogens is 299 g/mol. The summed E-state index contributed by atoms with van der Waals surface area (Å²) in [4.78, 5) is 0. The average molecular weight is 313 g/mol. The maximum absolute atomic E-state index is 12.2. The molecule has 1 rings (SSSR count). The predicted octanol–water partition coefficient (Wildman–Crippen LogP) is 1.95. The topological polar surface area (TPSA) is 75.6 Å². The van der Waals surface area contributed by atoms with Gasteiger partial charge in [-0.3, -0.25) is 4.55 Å². The molecule has 0 heterocycles. The molecule has 0 atom stereocenters. The van der Waals surface area contributed by atoms with Gasteiger partial charge < -0.3 is 10.1 Å². The molecule has 0 unspecified atom stereocenters. The van der Waals surface area contributed by atoms with Crippen LogP contribution in [0.25, 0.3) is 0 Å². The smallest absolute Gasteiger partial charge is 0.405 e. The van der Waals surface area contributed by atoms with Crippen LogP contribution < -0.4 is 10.1 Å². The Hall–Kier alpha value is -1.32. The fourth-order valence-electron chi connectivity index (χ4n) is 1.48. The molecule has 0 bridgehead atoms. The van der Waals surface area contributed by atoms with E-state index in [4.69, 9.17) is 4.55 Å². The van der Waals surface area contributed by atoms with Crippen LogP contribution in [0.15, 0.2) is 24.3 Å². The summed E-state index contributed by atoms with van der Waals surface area (Å²) in [5.41, 5.74) is 0.302. The number of hydrogen-bond donors (Lipinski definition) is 2. The molecule has 0 aliphatic rings. The van der Waals surface area contributed by atoms with Crippen molar-refractivity contribution >= 4 is 10.1 Å². The minimum Gasteiger partial charge on any atom is -0.405 e. The Morgan fingerprint density at radius 2 is 1.90 bits per heavy atom. The Morgan fingerprint density at radius 3 is 2.50 bits per heavy atom. The summed E-state index contributed by atoms with van der Waals surface area (Å²) in [5.74, 6) is -0.706. The summed E-state index contributed by atoms with van der Waals surface area (Å²) in [7, 11) is -4.01. The highest BCUT2D eigenvalue weighted by atomic mass is 32.2. The highest BCUT2D eigenvalue weighted by Crippen LogP contribution is 2.25. The maximum Gasteiger partial charge on any atom is 0.573 e. The molecule has 0 aliphatic heterocycles. The summed E-state index contributed by atoms with van der Waals surface area (Å²) in [6, 6.07) is 5.65. The van der Waals surface area contributed by atoms with Gasteiger partial charge in [0.05, 0.1) is 5.75 Å². The van der Waals surface area contributed by atoms with E-state index >= 15 is 0 Å². The van der Waals surface area contributed by atoms with Crippen molar-refractivity contribution < 1.29 is 30.9 Å². The van der Waals surface area contributed by atoms with Crippen molar-refractivity contribution in [2.45, 2.75) is 19.3 Å². The summed E-state index contributed by atoms with van der Waals surface area (Å²) < 4.78 is 69.8. The Balaban J connectivity index is 2.48. The maximum atomic E-state index is 12.2. The van der Waals surface area contributed by atoms with Crippen LogP contribution in [0.1, 0.15) is 12.0 Å². The van der Waals surface area contributed by atoms with Crippen LogP contribution in [0.2, 0.25) is 0 Å². The molecule has 0 saturated carbocycles. The monoisotopic (exact) mass is 313 g/mol. The highest BCUT2D eigenvalue weighted by Gasteiger charge is 2.31. The van der Waals surface area contributed by atoms with Gasteiger partial charge in [-0.25, -0.2) is 0 Å². The van der Waals surface area contributed by atoms with Gasteiger partial charge in [0.2, 0.25) is 0 Å². The second-order valence-electron chi connectivity index (χ2n) is 3.97. The lowest BCUT2D eigenvalue weighted by atomic mass is 10.2. The van der Waals surface area contributed by atoms with E-state index in [1.54, 1.807) is 6.07 Å². The number of alkyl halides is 3. The van der Waals surface area contributed by atoms with Gasteiger partial charge in [0, 0.05) is 12.1 Å². The van der Waals surface area contributed by atoms with Crippen molar-refractivity contribution in [3.63, 3.8) is 0 Å². The van der Waals surface area contributed by atoms with E-state index in [0.29, 0.717) is 5.56 Å². The van der Waals surface area contributed by atoms with Crippen LogP contribution in [-0.4, -0.2) is 31.6 Å². The van der Waals surface area contributed by atoms with Crippen molar-refractivity contribution in [2.75, 3.05) is 12.3 Å². The van der Waals surface area contributed by atoms with Gasteiger partial charge in [0.15, 0.2) is 0 Å². The number of nitrogens with one attached hydrogen (secondary N) is 1. The Morgan fingerprint density at radius 1 is 1.25 bits per heavy atom. The zero-order valence-corrected chi connectivity index (χ0v) is 11.2. The van der Waals surface area contributed by atoms with Gasteiger partial charge in [-0.2, -0.15) is 8.42 Å². The van der Waals surface area contributed by atoms with Gasteiger partial charge in [-0.05, 0) is 19.0 Å². The van der Waals surface area contributed by atoms with Gasteiger partial charge in [-0.1, -0.05) is 18.2 Å². The second-order valence-corrected chi connectivity index (χ2v) is 5.54. The van der Waals surface area contributed by atoms with Crippen LogP contribution >= 0.6 is 0 Å². The molecule has 0 saturated heterocycles. The molecule has 5 nitrogen and oxygen atoms in total. The number of halogens is 3. The van der Waals surface area contributed by atoms with E-state index in [1.165, 1.54) is 18.2 Å². The lowest BCUT2D eigenvalue weighted by molar-refractivity contribution is -0.274. The van der Waals surface area contributed by atoms with Crippen molar-refractivity contribution in [3.8, 4) is 5.75 Å². The summed E-state index contributed by atoms with van der Waals surface area (Å²) >= 11 is 0. The first-order chi connectivity index (χ1) is 9.17. The highest BCUT2D eigenvalue weighted by molar-refractivity contribution is 7.85. The third-order valence-electron chi connectivity index (χ3n) is 2.27. The van der Waals surface area contributed by atoms with E-state index in [2.05, 4.69) is 10.1 Å². The van der Waals surface area contributed by atoms with Gasteiger partial charge in [-0.15, -0.1) is 13.2 Å². The first kappa shape index (κ1) is 16.7. The largest absolute Gasteiger partial charge is 0.573 e. The predicted molar refractivity (Wildman–Crippen MR) is 65.9 cm³/mol. The quantitative estimate of drug-likeness (QED) is 0.594. The van der Waals surface area contributed by atoms with Crippen molar-refractivity contribution in [1.82, 2.24) is 5.32 Å². The molecule has 114 valence electrons. The van der Waals surface area contributed by atoms with Crippen LogP contribution in [0.4, 0.5) is 13.2 Å². The minimum atomic E-state index is -4.76. The first-order valence-electron chi connectivity index (χ1n) is 5.67. The zero-order chi connectivity index (χ0) is 15.2. The first-order valence-corrected chi connectivity index (χ1v) is 7.28. The van der Waals surface area contributed by atoms with E-state index in [0.717, 1.165) is 0 Å². The van der Waals surface area contributed by atoms with Gasteiger partial charge >= 0.3 is 6.36 Å². The molecule has 20 heavy (non-hydrogen) atoms. The van der Waals surface area contributed by atoms with Gasteiger partial charge in [0.25, 0.3) is 10.1 Å². The second kappa shape index (κ2) is 6.91. The lowest BCUT2D eigenvalue weighted by Crippen LogP contribution is -2.21. The molecule has 9 heteroatoms. The molecule has 0 amide bonds. The lowest BCUT2D eigenvalue weighted by Gasteiger charge is -2.13. The molecule has 0 spiro atoms. The Bertz CT molecular complexity index is 531. The molecule has 2 N–H and O–H groups in total. The molecule has 0 aromatic heterocycles. The zero-order valence-electron chi connectivity index (χ0n) is 10.4. The minimum absolute atomic E-state index is 0.0950. The number of para-hydroxylation sites is 1. The van der Waals surface area contributed by atoms with E-state index in [1.807, 2.05) is 0 Å². The Kier molecular flexibility index (Phi) is 5.78. The fraction of sp³-hybridized carbons (Fsp3) is 0.455. The fourth-order valence-corrected chi connectivity index (χ4v) is 1.99. The van der Waals surface area contributed by atoms with Gasteiger partial charge in [0.1, 0.15) is 5.75 Å². The van der Waals surface area contributed by atoms with Crippen LogP contribution in [0.5, 0.6) is 5.75 Å². The van der Waals surface area contributed by atoms with Crippen LogP contribution in [0, 0.1) is 0 Å². The number of hydrogen-bond acceptors (Lipinski definition) is 4. The molecule has 0 fully saturated rings. The average Bonchev–Trinajstić information content (AvgIpc) is 2.27. The van der Waals surface area contributed by atoms with Crippen LogP contribution in [-0.2, 0) is 16.7 Å². The van der Waals surface area contributed by atoms with E-state index in [-0.39, 0.29) is 25.3 Å². The standard InChI is InChI=1S/C11H14F3NO4S/c12-11(13,14)19-10-5-2-1-4-9(10)8-15-6-3-7-20(16,17)18/h1-2,4-5,15H,3,6-8H2,(H,16,17,18). The summed E-state index contributed by atoms with van der Waals surface area (Å²) in [6.45, 7) is 0.331. The molecule has 0 aliphatic carbocycles. The number of rotatable bonds is 7. The number of benzene rings is 1. The number of ether oxygens (including phenoxy) is 1. The van der Waals surface area contributed by atoms with E-state index in [9.17, 15) is 21.6 Å². The van der Waals surface area contributed by atoms with Crippen molar-refractivity contribution in [1.29, 1.82) is 0 Å². The van der Waals surface area contributed by atoms with Crippen molar-refractivity contribution in [2.24, 2.45) is 0 Å². The third-order valence-corrected chi connectivity index (χ3v) is 3.07. The molecule has 1 aromatic carbocycles. The SMILES string of the molecule is O=S(=O)(O)CCCNCc1ccccc1OC(F)(F)F. The molecule has 1 aromatic rings. The van der Waals surface area contributed by atoms with E-state index < -0.39 is 22.2 Å².